The number of rotatable bonds is 17. The second kappa shape index (κ2) is 15.6. The molecule has 2 amide bonds. The molecule has 0 aromatic rings. The fraction of sp³-hybridized carbons (Fsp3) is 0.917. The molecule has 39 heteroatoms. The molecule has 63 heavy (non-hydrogen) atoms. The first-order valence-corrected chi connectivity index (χ1v) is 14.7. The van der Waals surface area contributed by atoms with Crippen LogP contribution in [0.2, 0.25) is 0 Å². The summed E-state index contributed by atoms with van der Waals surface area (Å²) in [5.41, 5.74) is 0. The molecule has 1 aliphatic rings. The van der Waals surface area contributed by atoms with Crippen molar-refractivity contribution in [1.29, 1.82) is 0 Å². The molecule has 0 unspecified atom stereocenters. The van der Waals surface area contributed by atoms with E-state index in [1.807, 2.05) is 0 Å². The minimum atomic E-state index is -9.08. The molecule has 1 heterocycles. The van der Waals surface area contributed by atoms with E-state index >= 15 is 0 Å². The summed E-state index contributed by atoms with van der Waals surface area (Å²) < 4.78 is 456. The standard InChI is InChI=1S/C24H13F34N3O2/c25-9(26,11(29,30)13(33,34)15(37,38)17(41,42)19(45,46)21(49,50)23(53,54)55)7(62)59-1-2-60-3-5-61(6-4-60)8(63)10(27,28)12(31,32)14(35,36)16(39,40)18(43,44)20(47,48)22(51,52)24(56,57)58/h1-6H2,(H,59,62). The number of piperazine rings is 1. The van der Waals surface area contributed by atoms with Crippen molar-refractivity contribution in [3.8, 4) is 0 Å². The quantitative estimate of drug-likeness (QED) is 0.148. The molecule has 0 aromatic carbocycles. The molecule has 0 aromatic heterocycles. The van der Waals surface area contributed by atoms with Crippen molar-refractivity contribution in [2.24, 2.45) is 0 Å². The van der Waals surface area contributed by atoms with Gasteiger partial charge in [-0.15, -0.1) is 0 Å². The van der Waals surface area contributed by atoms with Crippen LogP contribution in [0.3, 0.4) is 0 Å². The first kappa shape index (κ1) is 57.5. The molecule has 0 atom stereocenters. The number of carbonyl (C=O) groups excluding carboxylic acids is 2. The molecule has 0 aliphatic carbocycles. The lowest BCUT2D eigenvalue weighted by Crippen LogP contribution is -2.75. The molecule has 1 rings (SSSR count). The average Bonchev–Trinajstić information content (AvgIpc) is 3.09. The first-order valence-electron chi connectivity index (χ1n) is 14.7. The normalized spacial score (nSPS) is 17.9. The van der Waals surface area contributed by atoms with Crippen LogP contribution in [0.1, 0.15) is 0 Å². The Morgan fingerprint density at radius 1 is 0.333 bits per heavy atom. The van der Waals surface area contributed by atoms with Crippen LogP contribution in [0.15, 0.2) is 0 Å². The zero-order valence-corrected chi connectivity index (χ0v) is 28.3. The number of alkyl halides is 34. The fourth-order valence-electron chi connectivity index (χ4n) is 4.42. The van der Waals surface area contributed by atoms with Gasteiger partial charge in [0.1, 0.15) is 0 Å². The van der Waals surface area contributed by atoms with Crippen LogP contribution in [0, 0.1) is 0 Å². The van der Waals surface area contributed by atoms with E-state index in [0.29, 0.717) is 10.2 Å². The summed E-state index contributed by atoms with van der Waals surface area (Å²) in [4.78, 5) is 22.9. The van der Waals surface area contributed by atoms with Crippen molar-refractivity contribution in [2.75, 3.05) is 39.3 Å². The fourth-order valence-corrected chi connectivity index (χ4v) is 4.42. The smallest absolute Gasteiger partial charge is 0.349 e. The molecular formula is C24H13F34N3O2. The van der Waals surface area contributed by atoms with Gasteiger partial charge >= 0.3 is 95.3 Å². The van der Waals surface area contributed by atoms with Crippen LogP contribution in [0.25, 0.3) is 0 Å². The highest BCUT2D eigenvalue weighted by molar-refractivity contribution is 5.85. The van der Waals surface area contributed by atoms with E-state index in [4.69, 9.17) is 0 Å². The Morgan fingerprint density at radius 2 is 0.571 bits per heavy atom. The number of amides is 2. The summed E-state index contributed by atoms with van der Waals surface area (Å²) in [6.45, 7) is -9.47. The Bertz CT molecular complexity index is 1670. The molecule has 374 valence electrons. The van der Waals surface area contributed by atoms with Gasteiger partial charge in [-0.25, -0.2) is 0 Å². The van der Waals surface area contributed by atoms with Gasteiger partial charge < -0.3 is 10.2 Å². The number of hydrogen-bond acceptors (Lipinski definition) is 3. The summed E-state index contributed by atoms with van der Waals surface area (Å²) >= 11 is 0. The van der Waals surface area contributed by atoms with Crippen LogP contribution in [-0.2, 0) is 9.59 Å². The number of nitrogens with one attached hydrogen (secondary N) is 1. The highest BCUT2D eigenvalue weighted by atomic mass is 19.4. The third kappa shape index (κ3) is 7.83. The maximum Gasteiger partial charge on any atom is 0.460 e. The van der Waals surface area contributed by atoms with Crippen LogP contribution < -0.4 is 5.32 Å². The maximum atomic E-state index is 14.3. The van der Waals surface area contributed by atoms with Crippen LogP contribution in [-0.4, -0.2) is 156 Å². The van der Waals surface area contributed by atoms with Crippen LogP contribution in [0.4, 0.5) is 149 Å². The molecule has 1 aliphatic heterocycles. The van der Waals surface area contributed by atoms with Gasteiger partial charge in [-0.2, -0.15) is 149 Å². The van der Waals surface area contributed by atoms with E-state index < -0.39 is 151 Å². The predicted molar refractivity (Wildman–Crippen MR) is 127 cm³/mol. The molecule has 0 spiro atoms. The van der Waals surface area contributed by atoms with E-state index in [1.54, 1.807) is 0 Å². The second-order valence-corrected chi connectivity index (χ2v) is 12.4. The van der Waals surface area contributed by atoms with Gasteiger partial charge in [-0.1, -0.05) is 0 Å². The number of carbonyl (C=O) groups is 2. The molecule has 1 saturated heterocycles. The Balaban J connectivity index is 3.23. The minimum absolute atomic E-state index is 0.328. The van der Waals surface area contributed by atoms with Crippen molar-refractivity contribution in [3.63, 3.8) is 0 Å². The first-order chi connectivity index (χ1) is 27.0. The van der Waals surface area contributed by atoms with Gasteiger partial charge in [0.15, 0.2) is 0 Å². The van der Waals surface area contributed by atoms with Gasteiger partial charge in [0.05, 0.1) is 0 Å². The summed E-state index contributed by atoms with van der Waals surface area (Å²) in [5, 5.41) is 0.391. The molecule has 1 N–H and O–H groups in total. The molecular weight excluding hydrogens is 1010 g/mol. The zero-order valence-electron chi connectivity index (χ0n) is 28.3. The maximum absolute atomic E-state index is 14.3. The van der Waals surface area contributed by atoms with E-state index in [2.05, 4.69) is 0 Å². The molecule has 0 radical (unpaired) electrons. The summed E-state index contributed by atoms with van der Waals surface area (Å²) in [5.74, 6) is -129. The minimum Gasteiger partial charge on any atom is -0.349 e. The summed E-state index contributed by atoms with van der Waals surface area (Å²) in [6, 6.07) is 0. The third-order valence-electron chi connectivity index (χ3n) is 8.37. The SMILES string of the molecule is O=C(NCCN1CCN(C(=O)C(F)(F)C(F)(F)C(F)(F)C(F)(F)C(F)(F)C(F)(F)C(F)(F)C(F)(F)F)CC1)C(F)(F)C(F)(F)C(F)(F)C(F)(F)C(F)(F)C(F)(F)C(F)(F)C(F)(F)F. The third-order valence-corrected chi connectivity index (χ3v) is 8.37. The summed E-state index contributed by atoms with van der Waals surface area (Å²) in [7, 11) is 0. The van der Waals surface area contributed by atoms with Crippen LogP contribution >= 0.6 is 0 Å². The van der Waals surface area contributed by atoms with Crippen molar-refractivity contribution < 1.29 is 159 Å². The Morgan fingerprint density at radius 3 is 0.841 bits per heavy atom. The highest BCUT2D eigenvalue weighted by Crippen LogP contribution is 2.66. The lowest BCUT2D eigenvalue weighted by molar-refractivity contribution is -0.459. The van der Waals surface area contributed by atoms with Gasteiger partial charge in [-0.05, 0) is 0 Å². The Kier molecular flexibility index (Phi) is 14.2. The van der Waals surface area contributed by atoms with Crippen LogP contribution in [0.5, 0.6) is 0 Å². The Labute approximate surface area is 321 Å². The van der Waals surface area contributed by atoms with Crippen molar-refractivity contribution in [1.82, 2.24) is 15.1 Å². The summed E-state index contributed by atoms with van der Waals surface area (Å²) in [6.07, 6.45) is -16.1. The van der Waals surface area contributed by atoms with E-state index in [9.17, 15) is 159 Å². The lowest BCUT2D eigenvalue weighted by atomic mass is 9.88. The highest BCUT2D eigenvalue weighted by Gasteiger charge is 2.97. The lowest BCUT2D eigenvalue weighted by Gasteiger charge is -2.43. The predicted octanol–water partition coefficient (Wildman–Crippen LogP) is 9.27. The van der Waals surface area contributed by atoms with E-state index in [1.165, 1.54) is 0 Å². The molecule has 0 bridgehead atoms. The Hall–Kier alpha value is -3.48. The van der Waals surface area contributed by atoms with E-state index in [-0.39, 0.29) is 0 Å². The largest absolute Gasteiger partial charge is 0.460 e. The number of nitrogens with zero attached hydrogens (tertiary/aromatic N) is 2. The number of halogens is 34. The number of hydrogen-bond donors (Lipinski definition) is 1. The van der Waals surface area contributed by atoms with E-state index in [0.717, 1.165) is 0 Å². The van der Waals surface area contributed by atoms with Gasteiger partial charge in [0.2, 0.25) is 0 Å². The molecule has 0 saturated carbocycles. The van der Waals surface area contributed by atoms with Crippen molar-refractivity contribution in [3.05, 3.63) is 0 Å². The van der Waals surface area contributed by atoms with Gasteiger partial charge in [-0.3, -0.25) is 14.5 Å². The molecule has 5 nitrogen and oxygen atoms in total. The van der Waals surface area contributed by atoms with Gasteiger partial charge in [0.25, 0.3) is 11.8 Å². The van der Waals surface area contributed by atoms with Gasteiger partial charge in [0, 0.05) is 39.3 Å². The zero-order chi connectivity index (χ0) is 51.3. The van der Waals surface area contributed by atoms with Crippen molar-refractivity contribution in [2.45, 2.75) is 95.3 Å². The second-order valence-electron chi connectivity index (χ2n) is 12.4. The van der Waals surface area contributed by atoms with Crippen molar-refractivity contribution >= 4 is 11.8 Å². The topological polar surface area (TPSA) is 52.7 Å². The monoisotopic (exact) mass is 1020 g/mol. The average molecular weight is 1020 g/mol. The molecule has 1 fully saturated rings.